The topological polar surface area (TPSA) is 92.3 Å². The van der Waals surface area contributed by atoms with Crippen molar-refractivity contribution in [1.29, 1.82) is 0 Å². The lowest BCUT2D eigenvalue weighted by atomic mass is 10.1. The van der Waals surface area contributed by atoms with Gasteiger partial charge in [0, 0.05) is 12.1 Å². The molecule has 1 aliphatic rings. The van der Waals surface area contributed by atoms with Crippen LogP contribution in [0.25, 0.3) is 11.3 Å². The van der Waals surface area contributed by atoms with Gasteiger partial charge in [0.05, 0.1) is 28.4 Å². The third kappa shape index (κ3) is 5.36. The van der Waals surface area contributed by atoms with Crippen molar-refractivity contribution in [1.82, 2.24) is 19.6 Å². The second kappa shape index (κ2) is 9.90. The molecule has 190 valence electrons. The molecule has 1 N–H and O–H groups in total. The van der Waals surface area contributed by atoms with Gasteiger partial charge in [0.1, 0.15) is 24.0 Å². The number of halogens is 5. The monoisotopic (exact) mass is 526 g/mol. The predicted molar refractivity (Wildman–Crippen MR) is 118 cm³/mol. The fourth-order valence-electron chi connectivity index (χ4n) is 3.88. The van der Waals surface area contributed by atoms with E-state index in [1.165, 1.54) is 6.07 Å². The van der Waals surface area contributed by atoms with Gasteiger partial charge < -0.3 is 5.32 Å². The van der Waals surface area contributed by atoms with E-state index in [4.69, 9.17) is 0 Å². The molecule has 36 heavy (non-hydrogen) atoms. The van der Waals surface area contributed by atoms with E-state index in [-0.39, 0.29) is 41.4 Å². The van der Waals surface area contributed by atoms with E-state index >= 15 is 0 Å². The van der Waals surface area contributed by atoms with Gasteiger partial charge >= 0.3 is 6.18 Å². The number of nitrogens with one attached hydrogen (secondary N) is 1. The number of benzene rings is 2. The number of carbonyl (C=O) groups is 1. The van der Waals surface area contributed by atoms with Crippen LogP contribution in [-0.2, 0) is 27.5 Å². The molecule has 1 atom stereocenters. The summed E-state index contributed by atoms with van der Waals surface area (Å²) in [5.41, 5.74) is -0.893. The lowest BCUT2D eigenvalue weighted by Crippen LogP contribution is -2.45. The summed E-state index contributed by atoms with van der Waals surface area (Å²) in [5, 5.41) is 2.60. The molecule has 0 unspecified atom stereocenters. The normalized spacial score (nSPS) is 16.8. The number of amides is 1. The van der Waals surface area contributed by atoms with E-state index in [1.807, 2.05) is 0 Å². The minimum atomic E-state index is -4.83. The Bertz CT molecular complexity index is 1380. The predicted octanol–water partition coefficient (Wildman–Crippen LogP) is 3.91. The number of carbonyl (C=O) groups excluding carboxylic acids is 1. The average Bonchev–Trinajstić information content (AvgIpc) is 3.33. The Kier molecular flexibility index (Phi) is 7.05. The van der Waals surface area contributed by atoms with Crippen LogP contribution in [0.4, 0.5) is 22.0 Å². The SMILES string of the molecule is O=C(NCc1cc(-c2ccc(C(F)(F)F)c(F)c2)ncn1)[C@@H]1CCCN1S(=O)(=O)c1ccc(F)cc1. The summed E-state index contributed by atoms with van der Waals surface area (Å²) >= 11 is 0. The highest BCUT2D eigenvalue weighted by atomic mass is 32.2. The van der Waals surface area contributed by atoms with Crippen molar-refractivity contribution in [3.63, 3.8) is 0 Å². The molecule has 2 aromatic carbocycles. The number of nitrogens with zero attached hydrogens (tertiary/aromatic N) is 3. The van der Waals surface area contributed by atoms with Crippen molar-refractivity contribution >= 4 is 15.9 Å². The van der Waals surface area contributed by atoms with Crippen LogP contribution in [0.1, 0.15) is 24.1 Å². The van der Waals surface area contributed by atoms with Gasteiger partial charge in [0.25, 0.3) is 0 Å². The quantitative estimate of drug-likeness (QED) is 0.492. The van der Waals surface area contributed by atoms with Crippen molar-refractivity contribution < 1.29 is 35.2 Å². The van der Waals surface area contributed by atoms with Gasteiger partial charge in [-0.3, -0.25) is 4.79 Å². The number of hydrogen-bond acceptors (Lipinski definition) is 5. The van der Waals surface area contributed by atoms with E-state index in [1.54, 1.807) is 0 Å². The highest BCUT2D eigenvalue weighted by Crippen LogP contribution is 2.33. The van der Waals surface area contributed by atoms with Crippen LogP contribution >= 0.6 is 0 Å². The molecule has 1 aliphatic heterocycles. The Morgan fingerprint density at radius 3 is 2.44 bits per heavy atom. The van der Waals surface area contributed by atoms with E-state index in [0.29, 0.717) is 18.6 Å². The summed E-state index contributed by atoms with van der Waals surface area (Å²) < 4.78 is 92.5. The Labute approximate surface area is 203 Å². The van der Waals surface area contributed by atoms with Crippen LogP contribution in [0.15, 0.2) is 59.8 Å². The number of aromatic nitrogens is 2. The summed E-state index contributed by atoms with van der Waals surface area (Å²) in [7, 11) is -4.03. The number of sulfonamides is 1. The third-order valence-electron chi connectivity index (χ3n) is 5.66. The van der Waals surface area contributed by atoms with Crippen LogP contribution in [0.5, 0.6) is 0 Å². The second-order valence-electron chi connectivity index (χ2n) is 8.03. The molecule has 2 heterocycles. The molecule has 0 saturated carbocycles. The highest BCUT2D eigenvalue weighted by Gasteiger charge is 2.39. The maximum absolute atomic E-state index is 13.9. The first-order valence-corrected chi connectivity index (χ1v) is 12.1. The maximum atomic E-state index is 13.9. The summed E-state index contributed by atoms with van der Waals surface area (Å²) in [6, 6.07) is 7.10. The average molecular weight is 526 g/mol. The number of rotatable bonds is 6. The number of alkyl halides is 3. The van der Waals surface area contributed by atoms with Crippen molar-refractivity contribution in [2.45, 2.75) is 36.5 Å². The zero-order chi connectivity index (χ0) is 26.1. The van der Waals surface area contributed by atoms with Crippen molar-refractivity contribution in [3.05, 3.63) is 77.8 Å². The van der Waals surface area contributed by atoms with E-state index < -0.39 is 45.3 Å². The largest absolute Gasteiger partial charge is 0.419 e. The van der Waals surface area contributed by atoms with Gasteiger partial charge in [-0.15, -0.1) is 0 Å². The molecule has 13 heteroatoms. The highest BCUT2D eigenvalue weighted by molar-refractivity contribution is 7.89. The first kappa shape index (κ1) is 25.6. The van der Waals surface area contributed by atoms with Crippen LogP contribution in [0.3, 0.4) is 0 Å². The third-order valence-corrected chi connectivity index (χ3v) is 7.59. The van der Waals surface area contributed by atoms with Gasteiger partial charge in [0.15, 0.2) is 0 Å². The zero-order valence-electron chi connectivity index (χ0n) is 18.5. The Morgan fingerprint density at radius 1 is 1.06 bits per heavy atom. The Balaban J connectivity index is 1.46. The Hall–Kier alpha value is -3.45. The molecule has 0 bridgehead atoms. The van der Waals surface area contributed by atoms with Crippen molar-refractivity contribution in [2.75, 3.05) is 6.54 Å². The van der Waals surface area contributed by atoms with Gasteiger partial charge in [-0.05, 0) is 55.3 Å². The lowest BCUT2D eigenvalue weighted by Gasteiger charge is -2.23. The smallest absolute Gasteiger partial charge is 0.349 e. The molecule has 7 nitrogen and oxygen atoms in total. The van der Waals surface area contributed by atoms with Gasteiger partial charge in [-0.2, -0.15) is 17.5 Å². The summed E-state index contributed by atoms with van der Waals surface area (Å²) in [6.07, 6.45) is -2.98. The molecule has 3 aromatic rings. The van der Waals surface area contributed by atoms with Gasteiger partial charge in [0.2, 0.25) is 15.9 Å². The van der Waals surface area contributed by atoms with Gasteiger partial charge in [-0.1, -0.05) is 6.07 Å². The molecule has 4 rings (SSSR count). The molecule has 1 saturated heterocycles. The van der Waals surface area contributed by atoms with Crippen LogP contribution in [0.2, 0.25) is 0 Å². The zero-order valence-corrected chi connectivity index (χ0v) is 19.3. The fraction of sp³-hybridized carbons (Fsp3) is 0.261. The molecule has 0 spiro atoms. The molecular formula is C23H19F5N4O3S. The molecule has 1 fully saturated rings. The first-order chi connectivity index (χ1) is 17.0. The lowest BCUT2D eigenvalue weighted by molar-refractivity contribution is -0.140. The van der Waals surface area contributed by atoms with Crippen LogP contribution < -0.4 is 5.32 Å². The van der Waals surface area contributed by atoms with E-state index in [2.05, 4.69) is 15.3 Å². The van der Waals surface area contributed by atoms with Crippen molar-refractivity contribution in [2.24, 2.45) is 0 Å². The first-order valence-electron chi connectivity index (χ1n) is 10.7. The summed E-state index contributed by atoms with van der Waals surface area (Å²) in [5.74, 6) is -2.61. The Morgan fingerprint density at radius 2 is 1.78 bits per heavy atom. The standard InChI is InChI=1S/C23H19F5N4O3S/c24-15-4-6-17(7-5-15)36(34,35)32-9-1-2-21(32)22(33)29-12-16-11-20(31-13-30-16)14-3-8-18(19(25)10-14)23(26,27)28/h3-8,10-11,13,21H,1-2,9,12H2,(H,29,33)/t21-/m0/s1. The summed E-state index contributed by atoms with van der Waals surface area (Å²) in [4.78, 5) is 20.6. The molecule has 1 amide bonds. The minimum Gasteiger partial charge on any atom is -0.349 e. The molecule has 0 aliphatic carbocycles. The van der Waals surface area contributed by atoms with Crippen LogP contribution in [-0.4, -0.2) is 41.2 Å². The molecular weight excluding hydrogens is 507 g/mol. The maximum Gasteiger partial charge on any atom is 0.419 e. The van der Waals surface area contributed by atoms with Gasteiger partial charge in [-0.25, -0.2) is 27.2 Å². The fourth-order valence-corrected chi connectivity index (χ4v) is 5.54. The van der Waals surface area contributed by atoms with E-state index in [0.717, 1.165) is 41.0 Å². The second-order valence-corrected chi connectivity index (χ2v) is 9.92. The molecule has 1 aromatic heterocycles. The van der Waals surface area contributed by atoms with E-state index in [9.17, 15) is 35.2 Å². The minimum absolute atomic E-state index is 0.0860. The van der Waals surface area contributed by atoms with Crippen molar-refractivity contribution in [3.8, 4) is 11.3 Å². The molecule has 0 radical (unpaired) electrons. The number of hydrogen-bond donors (Lipinski definition) is 1. The summed E-state index contributed by atoms with van der Waals surface area (Å²) in [6.45, 7) is -0.00660. The van der Waals surface area contributed by atoms with Crippen LogP contribution in [0, 0.1) is 11.6 Å².